The number of benzodiazepines with no additional fused rings is 1. The van der Waals surface area contributed by atoms with Gasteiger partial charge in [-0.3, -0.25) is 23.9 Å². The average molecular weight is 638 g/mol. The molecule has 4 rings (SSSR count). The number of alkyl halides is 3. The molecular formula is C29H31F4N5O5S. The van der Waals surface area contributed by atoms with E-state index in [-0.39, 0.29) is 35.1 Å². The van der Waals surface area contributed by atoms with Gasteiger partial charge in [0.25, 0.3) is 5.91 Å². The van der Waals surface area contributed by atoms with Crippen molar-refractivity contribution < 1.29 is 41.8 Å². The molecule has 4 unspecified atom stereocenters. The number of anilines is 1. The van der Waals surface area contributed by atoms with Crippen LogP contribution in [-0.2, 0) is 19.2 Å². The third-order valence-corrected chi connectivity index (χ3v) is 8.16. The molecule has 0 spiro atoms. The van der Waals surface area contributed by atoms with Gasteiger partial charge in [0.1, 0.15) is 11.9 Å². The van der Waals surface area contributed by atoms with Gasteiger partial charge in [-0.05, 0) is 36.8 Å². The number of carboxylic acids is 1. The quantitative estimate of drug-likeness (QED) is 0.166. The molecule has 44 heavy (non-hydrogen) atoms. The van der Waals surface area contributed by atoms with E-state index in [4.69, 9.17) is 10.8 Å². The highest BCUT2D eigenvalue weighted by Gasteiger charge is 2.42. The fourth-order valence-electron chi connectivity index (χ4n) is 4.81. The Morgan fingerprint density at radius 3 is 2.41 bits per heavy atom. The second-order valence-corrected chi connectivity index (χ2v) is 11.5. The predicted molar refractivity (Wildman–Crippen MR) is 155 cm³/mol. The molecule has 2 aromatic carbocycles. The van der Waals surface area contributed by atoms with Crippen molar-refractivity contribution in [3.63, 3.8) is 0 Å². The molecule has 3 amide bonds. The molecule has 2 aliphatic rings. The Bertz CT molecular complexity index is 1420. The lowest BCUT2D eigenvalue weighted by molar-refractivity contribution is -0.147. The van der Waals surface area contributed by atoms with Gasteiger partial charge in [-0.2, -0.15) is 13.2 Å². The van der Waals surface area contributed by atoms with Crippen molar-refractivity contribution in [2.45, 2.75) is 50.5 Å². The van der Waals surface area contributed by atoms with Gasteiger partial charge >= 0.3 is 12.1 Å². The second kappa shape index (κ2) is 14.2. The SMILES string of the molecule is NC(CSNC(=O)C(CC1CC1)C(CCC(F)(F)F)C(=O)NC1N=C(c2ccccc2)c2cccc(F)c2NC1=O)C(=O)O. The zero-order valence-corrected chi connectivity index (χ0v) is 24.1. The van der Waals surface area contributed by atoms with Crippen molar-refractivity contribution >= 4 is 47.0 Å². The Kier molecular flexibility index (Phi) is 10.6. The third kappa shape index (κ3) is 8.78. The van der Waals surface area contributed by atoms with E-state index in [9.17, 15) is 36.7 Å². The molecule has 2 aromatic rings. The lowest BCUT2D eigenvalue weighted by Gasteiger charge is -2.27. The van der Waals surface area contributed by atoms with Gasteiger partial charge in [0.2, 0.25) is 18.0 Å². The topological polar surface area (TPSA) is 163 Å². The summed E-state index contributed by atoms with van der Waals surface area (Å²) in [4.78, 5) is 55.6. The Balaban J connectivity index is 1.63. The number of carbonyl (C=O) groups is 4. The molecular weight excluding hydrogens is 606 g/mol. The monoisotopic (exact) mass is 637 g/mol. The number of para-hydroxylation sites is 1. The van der Waals surface area contributed by atoms with Crippen LogP contribution in [-0.4, -0.2) is 58.6 Å². The van der Waals surface area contributed by atoms with Gasteiger partial charge in [0.15, 0.2) is 0 Å². The van der Waals surface area contributed by atoms with E-state index < -0.39 is 72.6 Å². The molecule has 1 aliphatic heterocycles. The van der Waals surface area contributed by atoms with Crippen LogP contribution in [0, 0.1) is 23.6 Å². The van der Waals surface area contributed by atoms with Gasteiger partial charge in [-0.25, -0.2) is 9.38 Å². The van der Waals surface area contributed by atoms with Crippen LogP contribution in [0.1, 0.15) is 43.2 Å². The van der Waals surface area contributed by atoms with E-state index in [0.29, 0.717) is 17.5 Å². The number of nitrogens with two attached hydrogens (primary N) is 1. The molecule has 1 fully saturated rings. The van der Waals surface area contributed by atoms with Crippen LogP contribution in [0.3, 0.4) is 0 Å². The Hall–Kier alpha value is -3.98. The number of benzene rings is 2. The summed E-state index contributed by atoms with van der Waals surface area (Å²) in [6, 6.07) is 11.2. The second-order valence-electron chi connectivity index (χ2n) is 10.7. The number of fused-ring (bicyclic) bond motifs is 1. The average Bonchev–Trinajstić information content (AvgIpc) is 3.80. The molecule has 0 bridgehead atoms. The lowest BCUT2D eigenvalue weighted by Crippen LogP contribution is -2.48. The van der Waals surface area contributed by atoms with Crippen molar-refractivity contribution in [3.8, 4) is 0 Å². The first kappa shape index (κ1) is 32.9. The first-order valence-electron chi connectivity index (χ1n) is 13.8. The first-order valence-corrected chi connectivity index (χ1v) is 14.8. The number of carboxylic acid groups (broad SMARTS) is 1. The molecule has 236 valence electrons. The third-order valence-electron chi connectivity index (χ3n) is 7.28. The predicted octanol–water partition coefficient (Wildman–Crippen LogP) is 3.61. The number of aliphatic carboxylic acids is 1. The summed E-state index contributed by atoms with van der Waals surface area (Å²) in [5.41, 5.74) is 6.18. The van der Waals surface area contributed by atoms with Gasteiger partial charge in [-0.15, -0.1) is 0 Å². The van der Waals surface area contributed by atoms with Crippen molar-refractivity contribution in [2.75, 3.05) is 11.1 Å². The van der Waals surface area contributed by atoms with Crippen molar-refractivity contribution in [1.82, 2.24) is 10.0 Å². The van der Waals surface area contributed by atoms with Crippen LogP contribution in [0.5, 0.6) is 0 Å². The number of nitrogens with one attached hydrogen (secondary N) is 3. The zero-order valence-electron chi connectivity index (χ0n) is 23.3. The minimum Gasteiger partial charge on any atom is -0.480 e. The van der Waals surface area contributed by atoms with E-state index in [1.165, 1.54) is 12.1 Å². The molecule has 6 N–H and O–H groups in total. The highest BCUT2D eigenvalue weighted by Crippen LogP contribution is 2.40. The van der Waals surface area contributed by atoms with Crippen LogP contribution >= 0.6 is 11.9 Å². The summed E-state index contributed by atoms with van der Waals surface area (Å²) in [6.07, 6.45) is -6.85. The highest BCUT2D eigenvalue weighted by molar-refractivity contribution is 7.98. The fourth-order valence-corrected chi connectivity index (χ4v) is 5.51. The molecule has 1 heterocycles. The molecule has 1 saturated carbocycles. The smallest absolute Gasteiger partial charge is 0.389 e. The lowest BCUT2D eigenvalue weighted by atomic mass is 9.83. The van der Waals surface area contributed by atoms with Crippen LogP contribution in [0.15, 0.2) is 53.5 Å². The van der Waals surface area contributed by atoms with Gasteiger partial charge in [-0.1, -0.05) is 55.3 Å². The fraction of sp³-hybridized carbons (Fsp3) is 0.414. The standard InChI is InChI=1S/C29H31F4N5O5S/c30-20-8-4-7-18-22(16-5-2-1-3-6-16)35-24(27(41)36-23(18)20)37-25(39)17(11-12-29(31,32)33)19(13-15-9-10-15)26(40)38-44-14-21(34)28(42)43/h1-8,15,17,19,21,24H,9-14,34H2,(H,36,41)(H,37,39)(H,38,40)(H,42,43). The number of halogens is 4. The number of rotatable bonds is 13. The van der Waals surface area contributed by atoms with Gasteiger partial charge in [0, 0.05) is 29.2 Å². The minimum absolute atomic E-state index is 0.0135. The molecule has 0 aromatic heterocycles. The number of hydrogen-bond acceptors (Lipinski definition) is 7. The maximum Gasteiger partial charge on any atom is 0.389 e. The van der Waals surface area contributed by atoms with E-state index in [1.54, 1.807) is 30.3 Å². The van der Waals surface area contributed by atoms with E-state index >= 15 is 0 Å². The van der Waals surface area contributed by atoms with Crippen molar-refractivity contribution in [2.24, 2.45) is 28.5 Å². The van der Waals surface area contributed by atoms with Crippen molar-refractivity contribution in [1.29, 1.82) is 0 Å². The van der Waals surface area contributed by atoms with E-state index in [0.717, 1.165) is 18.9 Å². The summed E-state index contributed by atoms with van der Waals surface area (Å²) in [6.45, 7) is 0. The van der Waals surface area contributed by atoms with Crippen LogP contribution < -0.4 is 21.1 Å². The summed E-state index contributed by atoms with van der Waals surface area (Å²) < 4.78 is 57.3. The molecule has 0 saturated heterocycles. The summed E-state index contributed by atoms with van der Waals surface area (Å²) in [7, 11) is 0. The number of aliphatic imine (C=N–C) groups is 1. The van der Waals surface area contributed by atoms with Crippen LogP contribution in [0.4, 0.5) is 23.2 Å². The van der Waals surface area contributed by atoms with Crippen LogP contribution in [0.2, 0.25) is 0 Å². The largest absolute Gasteiger partial charge is 0.480 e. The number of amides is 3. The Labute approximate surface area is 254 Å². The molecule has 4 atom stereocenters. The summed E-state index contributed by atoms with van der Waals surface area (Å²) in [5.74, 6) is -7.69. The highest BCUT2D eigenvalue weighted by atomic mass is 32.2. The molecule has 0 radical (unpaired) electrons. The van der Waals surface area contributed by atoms with Gasteiger partial charge in [0.05, 0.1) is 17.3 Å². The normalized spacial score (nSPS) is 18.5. The summed E-state index contributed by atoms with van der Waals surface area (Å²) in [5, 5.41) is 13.8. The molecule has 1 aliphatic carbocycles. The zero-order chi connectivity index (χ0) is 32.0. The number of nitrogens with zero attached hydrogens (tertiary/aromatic N) is 1. The van der Waals surface area contributed by atoms with E-state index in [1.807, 2.05) is 0 Å². The maximum absolute atomic E-state index is 14.8. The van der Waals surface area contributed by atoms with Crippen molar-refractivity contribution in [3.05, 3.63) is 65.5 Å². The molecule has 15 heteroatoms. The van der Waals surface area contributed by atoms with Gasteiger partial charge < -0.3 is 21.5 Å². The van der Waals surface area contributed by atoms with Crippen LogP contribution in [0.25, 0.3) is 0 Å². The maximum atomic E-state index is 14.8. The number of hydrogen-bond donors (Lipinski definition) is 5. The Morgan fingerprint density at radius 1 is 1.07 bits per heavy atom. The molecule has 10 nitrogen and oxygen atoms in total. The Morgan fingerprint density at radius 2 is 1.77 bits per heavy atom. The number of carbonyl (C=O) groups excluding carboxylic acids is 3. The summed E-state index contributed by atoms with van der Waals surface area (Å²) >= 11 is 0.677. The van der Waals surface area contributed by atoms with E-state index in [2.05, 4.69) is 20.3 Å². The minimum atomic E-state index is -4.64. The first-order chi connectivity index (χ1) is 20.8.